The zero-order chi connectivity index (χ0) is 30.4. The van der Waals surface area contributed by atoms with Gasteiger partial charge in [0.25, 0.3) is 0 Å². The second kappa shape index (κ2) is 17.2. The van der Waals surface area contributed by atoms with E-state index >= 15 is 0 Å². The molecule has 2 aromatic carbocycles. The molecule has 0 saturated carbocycles. The molecule has 5 rings (SSSR count). The fourth-order valence-corrected chi connectivity index (χ4v) is 6.66. The highest BCUT2D eigenvalue weighted by atomic mass is 32.1. The van der Waals surface area contributed by atoms with Crippen LogP contribution < -0.4 is 14.4 Å². The van der Waals surface area contributed by atoms with Gasteiger partial charge in [0.1, 0.15) is 5.75 Å². The molecule has 0 aliphatic carbocycles. The third-order valence-electron chi connectivity index (χ3n) is 8.39. The number of esters is 1. The topological polar surface area (TPSA) is 54.9 Å². The molecule has 4 aromatic rings. The van der Waals surface area contributed by atoms with Gasteiger partial charge < -0.3 is 14.4 Å². The van der Waals surface area contributed by atoms with Crippen molar-refractivity contribution >= 4 is 44.0 Å². The molecule has 1 fully saturated rings. The van der Waals surface area contributed by atoms with E-state index in [4.69, 9.17) is 9.47 Å². The molecular weight excluding hydrogens is 566 g/mol. The molecule has 1 saturated heterocycles. The van der Waals surface area contributed by atoms with E-state index in [1.807, 2.05) is 41.7 Å². The molecule has 0 radical (unpaired) electrons. The van der Waals surface area contributed by atoms with Gasteiger partial charge in [0.05, 0.1) is 12.1 Å². The Bertz CT molecular complexity index is 1490. The van der Waals surface area contributed by atoms with Crippen LogP contribution in [-0.2, 0) is 4.79 Å². The van der Waals surface area contributed by atoms with Crippen LogP contribution in [0.5, 0.6) is 11.6 Å². The maximum atomic E-state index is 12.3. The summed E-state index contributed by atoms with van der Waals surface area (Å²) in [6.45, 7) is 8.35. The first kappa shape index (κ1) is 32.0. The van der Waals surface area contributed by atoms with E-state index in [1.54, 1.807) is 6.07 Å². The summed E-state index contributed by atoms with van der Waals surface area (Å²) in [5, 5.41) is 4.55. The van der Waals surface area contributed by atoms with Crippen molar-refractivity contribution in [3.63, 3.8) is 0 Å². The van der Waals surface area contributed by atoms with Crippen LogP contribution in [0.3, 0.4) is 0 Å². The predicted octanol–water partition coefficient (Wildman–Crippen LogP) is 9.03. The summed E-state index contributed by atoms with van der Waals surface area (Å²) >= 11 is 1.82. The van der Waals surface area contributed by atoms with Gasteiger partial charge in [-0.05, 0) is 74.0 Å². The van der Waals surface area contributed by atoms with Gasteiger partial charge in [0.2, 0.25) is 5.88 Å². The monoisotopic (exact) mass is 613 g/mol. The van der Waals surface area contributed by atoms with Crippen molar-refractivity contribution in [3.05, 3.63) is 72.1 Å². The number of piperazine rings is 1. The molecule has 234 valence electrons. The highest BCUT2D eigenvalue weighted by molar-refractivity contribution is 7.17. The van der Waals surface area contributed by atoms with E-state index in [2.05, 4.69) is 51.4 Å². The van der Waals surface area contributed by atoms with Gasteiger partial charge in [-0.15, -0.1) is 11.3 Å². The first-order valence-electron chi connectivity index (χ1n) is 16.5. The fourth-order valence-electron chi connectivity index (χ4n) is 5.85. The molecule has 0 N–H and O–H groups in total. The standard InChI is InChI=1S/C37H47N3O3S/c1-2-3-4-5-6-7-8-9-10-16-37(41)43-36-20-18-30-17-19-31(29-33(30)38-36)42-27-12-11-22-39-23-25-40(26-24-39)34-14-13-15-35-32(34)21-28-44-35/h10,13-21,28-29H,2-9,11-12,22-27H2,1H3. The summed E-state index contributed by atoms with van der Waals surface area (Å²) in [5.74, 6) is 0.722. The van der Waals surface area contributed by atoms with Gasteiger partial charge >= 0.3 is 5.97 Å². The Kier molecular flexibility index (Phi) is 12.5. The Balaban J connectivity index is 0.983. The minimum Gasteiger partial charge on any atom is -0.494 e. The molecular formula is C37H47N3O3S. The molecule has 1 aliphatic heterocycles. The van der Waals surface area contributed by atoms with Crippen LogP contribution in [0.4, 0.5) is 5.69 Å². The maximum Gasteiger partial charge on any atom is 0.337 e. The highest BCUT2D eigenvalue weighted by Gasteiger charge is 2.18. The normalized spacial score (nSPS) is 14.2. The molecule has 0 spiro atoms. The lowest BCUT2D eigenvalue weighted by Gasteiger charge is -2.36. The summed E-state index contributed by atoms with van der Waals surface area (Å²) in [6, 6.07) is 18.5. The van der Waals surface area contributed by atoms with Gasteiger partial charge in [0, 0.05) is 65.5 Å². The van der Waals surface area contributed by atoms with Crippen molar-refractivity contribution in [2.75, 3.05) is 44.2 Å². The first-order chi connectivity index (χ1) is 21.7. The van der Waals surface area contributed by atoms with E-state index in [0.29, 0.717) is 12.5 Å². The van der Waals surface area contributed by atoms with Gasteiger partial charge in [-0.3, -0.25) is 4.90 Å². The van der Waals surface area contributed by atoms with Crippen LogP contribution in [0.25, 0.3) is 21.0 Å². The molecule has 7 heteroatoms. The SMILES string of the molecule is CCCCCCCCCC=CC(=O)Oc1ccc2ccc(OCCCCN3CCN(c4cccc5sccc45)CC3)cc2n1. The van der Waals surface area contributed by atoms with Crippen molar-refractivity contribution in [1.82, 2.24) is 9.88 Å². The van der Waals surface area contributed by atoms with E-state index in [9.17, 15) is 4.79 Å². The Hall–Kier alpha value is -3.42. The summed E-state index contributed by atoms with van der Waals surface area (Å²) in [6.07, 6.45) is 15.3. The Labute approximate surface area is 266 Å². The zero-order valence-electron chi connectivity index (χ0n) is 26.2. The lowest BCUT2D eigenvalue weighted by molar-refractivity contribution is -0.129. The first-order valence-corrected chi connectivity index (χ1v) is 17.4. The number of fused-ring (bicyclic) bond motifs is 2. The number of hydrogen-bond donors (Lipinski definition) is 0. The number of aromatic nitrogens is 1. The minimum absolute atomic E-state index is 0.312. The molecule has 6 nitrogen and oxygen atoms in total. The number of rotatable bonds is 17. The maximum absolute atomic E-state index is 12.3. The van der Waals surface area contributed by atoms with Crippen LogP contribution in [-0.4, -0.2) is 55.2 Å². The number of benzene rings is 2. The van der Waals surface area contributed by atoms with Crippen LogP contribution in [0.2, 0.25) is 0 Å². The number of hydrogen-bond acceptors (Lipinski definition) is 7. The van der Waals surface area contributed by atoms with E-state index in [1.165, 1.54) is 60.4 Å². The second-order valence-electron chi connectivity index (χ2n) is 11.7. The van der Waals surface area contributed by atoms with Crippen molar-refractivity contribution in [3.8, 4) is 11.6 Å². The number of nitrogens with zero attached hydrogens (tertiary/aromatic N) is 3. The summed E-state index contributed by atoms with van der Waals surface area (Å²) in [7, 11) is 0. The second-order valence-corrected chi connectivity index (χ2v) is 12.7. The molecule has 0 bridgehead atoms. The average Bonchev–Trinajstić information content (AvgIpc) is 3.53. The summed E-state index contributed by atoms with van der Waals surface area (Å²) in [4.78, 5) is 21.9. The Morgan fingerprint density at radius 1 is 0.909 bits per heavy atom. The fraction of sp³-hybridized carbons (Fsp3) is 0.459. The Morgan fingerprint density at radius 2 is 1.73 bits per heavy atom. The van der Waals surface area contributed by atoms with Crippen LogP contribution in [0.1, 0.15) is 71.1 Å². The quantitative estimate of drug-likeness (QED) is 0.0673. The van der Waals surface area contributed by atoms with Crippen LogP contribution in [0, 0.1) is 0 Å². The molecule has 3 heterocycles. The minimum atomic E-state index is -0.381. The highest BCUT2D eigenvalue weighted by Crippen LogP contribution is 2.31. The van der Waals surface area contributed by atoms with Crippen LogP contribution >= 0.6 is 11.3 Å². The van der Waals surface area contributed by atoms with Gasteiger partial charge in [-0.25, -0.2) is 9.78 Å². The third kappa shape index (κ3) is 9.54. The summed E-state index contributed by atoms with van der Waals surface area (Å²) < 4.78 is 12.9. The lowest BCUT2D eigenvalue weighted by atomic mass is 10.1. The van der Waals surface area contributed by atoms with Gasteiger partial charge in [-0.1, -0.05) is 57.6 Å². The van der Waals surface area contributed by atoms with Gasteiger partial charge in [-0.2, -0.15) is 0 Å². The number of ether oxygens (including phenoxy) is 2. The largest absolute Gasteiger partial charge is 0.494 e. The Morgan fingerprint density at radius 3 is 2.59 bits per heavy atom. The number of thiophene rings is 1. The van der Waals surface area contributed by atoms with E-state index in [-0.39, 0.29) is 5.97 Å². The predicted molar refractivity (Wildman–Crippen MR) is 184 cm³/mol. The number of anilines is 1. The number of pyridine rings is 1. The van der Waals surface area contributed by atoms with E-state index in [0.717, 1.165) is 75.1 Å². The molecule has 2 aromatic heterocycles. The number of allylic oxidation sites excluding steroid dienone is 1. The molecule has 0 amide bonds. The molecule has 0 atom stereocenters. The number of carbonyl (C=O) groups excluding carboxylic acids is 1. The number of carbonyl (C=O) groups is 1. The van der Waals surface area contributed by atoms with Crippen molar-refractivity contribution in [1.29, 1.82) is 0 Å². The lowest BCUT2D eigenvalue weighted by Crippen LogP contribution is -2.46. The molecule has 44 heavy (non-hydrogen) atoms. The zero-order valence-corrected chi connectivity index (χ0v) is 27.0. The van der Waals surface area contributed by atoms with Crippen molar-refractivity contribution in [2.24, 2.45) is 0 Å². The number of unbranched alkanes of at least 4 members (excludes halogenated alkanes) is 8. The third-order valence-corrected chi connectivity index (χ3v) is 9.28. The molecule has 0 unspecified atom stereocenters. The smallest absolute Gasteiger partial charge is 0.337 e. The van der Waals surface area contributed by atoms with Crippen molar-refractivity contribution in [2.45, 2.75) is 71.1 Å². The molecule has 1 aliphatic rings. The van der Waals surface area contributed by atoms with Crippen molar-refractivity contribution < 1.29 is 14.3 Å². The van der Waals surface area contributed by atoms with Crippen LogP contribution in [0.15, 0.2) is 72.1 Å². The summed E-state index contributed by atoms with van der Waals surface area (Å²) in [5.41, 5.74) is 2.13. The average molecular weight is 614 g/mol. The van der Waals surface area contributed by atoms with Gasteiger partial charge in [0.15, 0.2) is 0 Å². The van der Waals surface area contributed by atoms with E-state index < -0.39 is 0 Å².